The summed E-state index contributed by atoms with van der Waals surface area (Å²) in [6.07, 6.45) is 3.85. The minimum Gasteiger partial charge on any atom is -0.357 e. The molecule has 19 heavy (non-hydrogen) atoms. The Morgan fingerprint density at radius 3 is 2.68 bits per heavy atom. The van der Waals surface area contributed by atoms with E-state index in [0.717, 1.165) is 6.54 Å². The quantitative estimate of drug-likeness (QED) is 0.908. The maximum Gasteiger partial charge on any atom is 0.0809 e. The van der Waals surface area contributed by atoms with Crippen LogP contribution in [0.3, 0.4) is 0 Å². The van der Waals surface area contributed by atoms with Crippen molar-refractivity contribution in [3.05, 3.63) is 59.7 Å². The molecule has 0 aromatic heterocycles. The third-order valence-corrected chi connectivity index (χ3v) is 4.88. The first-order chi connectivity index (χ1) is 9.36. The van der Waals surface area contributed by atoms with Gasteiger partial charge < -0.3 is 5.73 Å². The van der Waals surface area contributed by atoms with Gasteiger partial charge in [-0.1, -0.05) is 36.0 Å². The summed E-state index contributed by atoms with van der Waals surface area (Å²) in [6.45, 7) is 1.03. The van der Waals surface area contributed by atoms with Crippen LogP contribution in [-0.4, -0.2) is 6.54 Å². The lowest BCUT2D eigenvalue weighted by Gasteiger charge is -2.23. The van der Waals surface area contributed by atoms with Crippen molar-refractivity contribution in [1.29, 1.82) is 0 Å². The molecule has 0 fully saturated rings. The Morgan fingerprint density at radius 2 is 1.89 bits per heavy atom. The number of hydrogen-bond donors (Lipinski definition) is 1. The number of benzene rings is 2. The lowest BCUT2D eigenvalue weighted by Crippen LogP contribution is -2.53. The maximum absolute atomic E-state index is 4.09. The van der Waals surface area contributed by atoms with Crippen LogP contribution < -0.4 is 5.73 Å². The molecule has 2 aromatic rings. The lowest BCUT2D eigenvalue weighted by atomic mass is 9.83. The fourth-order valence-corrected chi connectivity index (χ4v) is 3.78. The van der Waals surface area contributed by atoms with Crippen LogP contribution in [-0.2, 0) is 6.42 Å². The predicted molar refractivity (Wildman–Crippen MR) is 80.4 cm³/mol. The van der Waals surface area contributed by atoms with Crippen molar-refractivity contribution in [1.82, 2.24) is 0 Å². The van der Waals surface area contributed by atoms with Crippen LogP contribution in [0.2, 0.25) is 0 Å². The zero-order chi connectivity index (χ0) is 13.1. The molecule has 0 bridgehead atoms. The number of hydrogen-bond acceptors (Lipinski definition) is 1. The van der Waals surface area contributed by atoms with Gasteiger partial charge in [-0.05, 0) is 54.7 Å². The van der Waals surface area contributed by atoms with Gasteiger partial charge in [-0.2, -0.15) is 0 Å². The average Bonchev–Trinajstić information content (AvgIpc) is 2.47. The average molecular weight is 270 g/mol. The van der Waals surface area contributed by atoms with Crippen molar-refractivity contribution < 1.29 is 5.73 Å². The molecule has 1 unspecified atom stereocenters. The molecule has 0 heterocycles. The largest absolute Gasteiger partial charge is 0.357 e. The summed E-state index contributed by atoms with van der Waals surface area (Å²) < 4.78 is 0. The molecule has 0 radical (unpaired) electrons. The third kappa shape index (κ3) is 2.85. The summed E-state index contributed by atoms with van der Waals surface area (Å²) in [4.78, 5) is 2.67. The fourth-order valence-electron chi connectivity index (χ4n) is 2.88. The van der Waals surface area contributed by atoms with Gasteiger partial charge in [0.05, 0.1) is 6.54 Å². The Morgan fingerprint density at radius 1 is 1.05 bits per heavy atom. The summed E-state index contributed by atoms with van der Waals surface area (Å²) in [5.41, 5.74) is 7.18. The first-order valence-electron chi connectivity index (χ1n) is 7.02. The van der Waals surface area contributed by atoms with Crippen molar-refractivity contribution in [3.63, 3.8) is 0 Å². The molecular formula is C17H20NS+. The predicted octanol–water partition coefficient (Wildman–Crippen LogP) is 3.50. The molecule has 2 aromatic carbocycles. The summed E-state index contributed by atoms with van der Waals surface area (Å²) in [7, 11) is 0. The molecule has 1 aliphatic rings. The summed E-state index contributed by atoms with van der Waals surface area (Å²) in [5.74, 6) is 0.680. The molecular weight excluding hydrogens is 250 g/mol. The van der Waals surface area contributed by atoms with E-state index in [1.165, 1.54) is 29.1 Å². The number of rotatable bonds is 3. The van der Waals surface area contributed by atoms with Crippen LogP contribution in [0.4, 0.5) is 0 Å². The fraction of sp³-hybridized carbons (Fsp3) is 0.294. The van der Waals surface area contributed by atoms with Gasteiger partial charge in [0.15, 0.2) is 0 Å². The maximum atomic E-state index is 4.09. The molecule has 0 spiro atoms. The molecule has 3 N–H and O–H groups in total. The molecule has 3 rings (SSSR count). The van der Waals surface area contributed by atoms with Crippen molar-refractivity contribution in [2.75, 3.05) is 6.54 Å². The molecule has 98 valence electrons. The Hall–Kier alpha value is -1.25. The second-order valence-corrected chi connectivity index (χ2v) is 6.30. The Kier molecular flexibility index (Phi) is 3.90. The SMILES string of the molecule is [NH3+]CC1CCCc2cc(Sc3ccccc3)ccc21. The van der Waals surface area contributed by atoms with E-state index in [1.54, 1.807) is 11.1 Å². The monoisotopic (exact) mass is 270 g/mol. The van der Waals surface area contributed by atoms with E-state index in [0.29, 0.717) is 5.92 Å². The molecule has 0 saturated carbocycles. The standard InChI is InChI=1S/C17H19NS/c18-12-14-6-4-5-13-11-16(9-10-17(13)14)19-15-7-2-1-3-8-15/h1-3,7-11,14H,4-6,12,18H2/p+1. The minimum absolute atomic E-state index is 0.680. The second kappa shape index (κ2) is 5.81. The summed E-state index contributed by atoms with van der Waals surface area (Å²) >= 11 is 1.85. The normalized spacial score (nSPS) is 18.1. The number of quaternary nitrogens is 1. The summed E-state index contributed by atoms with van der Waals surface area (Å²) in [6, 6.07) is 17.6. The zero-order valence-corrected chi connectivity index (χ0v) is 12.0. The van der Waals surface area contributed by atoms with Gasteiger partial charge in [0.2, 0.25) is 0 Å². The smallest absolute Gasteiger partial charge is 0.0809 e. The van der Waals surface area contributed by atoms with Crippen molar-refractivity contribution >= 4 is 11.8 Å². The lowest BCUT2D eigenvalue weighted by molar-refractivity contribution is -0.373. The van der Waals surface area contributed by atoms with Crippen LogP contribution >= 0.6 is 11.8 Å². The van der Waals surface area contributed by atoms with Crippen LogP contribution in [0.15, 0.2) is 58.3 Å². The van der Waals surface area contributed by atoms with E-state index in [1.807, 2.05) is 11.8 Å². The molecule has 0 saturated heterocycles. The van der Waals surface area contributed by atoms with Crippen LogP contribution in [0.1, 0.15) is 29.9 Å². The van der Waals surface area contributed by atoms with Crippen molar-refractivity contribution in [2.45, 2.75) is 35.0 Å². The minimum atomic E-state index is 0.680. The van der Waals surface area contributed by atoms with E-state index >= 15 is 0 Å². The van der Waals surface area contributed by atoms with E-state index in [-0.39, 0.29) is 0 Å². The topological polar surface area (TPSA) is 27.6 Å². The molecule has 0 aliphatic heterocycles. The Labute approximate surface area is 119 Å². The first-order valence-corrected chi connectivity index (χ1v) is 7.83. The van der Waals surface area contributed by atoms with E-state index in [2.05, 4.69) is 54.3 Å². The second-order valence-electron chi connectivity index (χ2n) is 5.15. The van der Waals surface area contributed by atoms with Gasteiger partial charge in [-0.25, -0.2) is 0 Å². The van der Waals surface area contributed by atoms with Gasteiger partial charge >= 0.3 is 0 Å². The molecule has 2 heteroatoms. The van der Waals surface area contributed by atoms with Gasteiger partial charge in [0.1, 0.15) is 0 Å². The first kappa shape index (κ1) is 12.8. The number of aryl methyl sites for hydroxylation is 1. The van der Waals surface area contributed by atoms with Crippen LogP contribution in [0.5, 0.6) is 0 Å². The Balaban J connectivity index is 1.85. The molecule has 1 nitrogen and oxygen atoms in total. The highest BCUT2D eigenvalue weighted by atomic mass is 32.2. The number of fused-ring (bicyclic) bond motifs is 1. The Bertz CT molecular complexity index is 550. The molecule has 1 aliphatic carbocycles. The van der Waals surface area contributed by atoms with E-state index < -0.39 is 0 Å². The third-order valence-electron chi connectivity index (χ3n) is 3.88. The summed E-state index contributed by atoms with van der Waals surface area (Å²) in [5, 5.41) is 0. The van der Waals surface area contributed by atoms with Crippen molar-refractivity contribution in [2.24, 2.45) is 0 Å². The van der Waals surface area contributed by atoms with Gasteiger partial charge in [-0.15, -0.1) is 0 Å². The van der Waals surface area contributed by atoms with Crippen LogP contribution in [0.25, 0.3) is 0 Å². The molecule has 1 atom stereocenters. The van der Waals surface area contributed by atoms with Gasteiger partial charge in [-0.3, -0.25) is 0 Å². The van der Waals surface area contributed by atoms with Crippen LogP contribution in [0, 0.1) is 0 Å². The van der Waals surface area contributed by atoms with E-state index in [4.69, 9.17) is 0 Å². The van der Waals surface area contributed by atoms with Gasteiger partial charge in [0.25, 0.3) is 0 Å². The zero-order valence-electron chi connectivity index (χ0n) is 11.1. The highest BCUT2D eigenvalue weighted by molar-refractivity contribution is 7.99. The van der Waals surface area contributed by atoms with Gasteiger partial charge in [0, 0.05) is 15.7 Å². The van der Waals surface area contributed by atoms with E-state index in [9.17, 15) is 0 Å². The highest BCUT2D eigenvalue weighted by Crippen LogP contribution is 2.35. The van der Waals surface area contributed by atoms with Crippen molar-refractivity contribution in [3.8, 4) is 0 Å². The molecule has 0 amide bonds. The highest BCUT2D eigenvalue weighted by Gasteiger charge is 2.20.